The molecule has 3 aliphatic rings. The Bertz CT molecular complexity index is 746. The highest BCUT2D eigenvalue weighted by atomic mass is 35.5. The lowest BCUT2D eigenvalue weighted by Gasteiger charge is -2.46. The number of piperidine rings is 1. The topological polar surface area (TPSA) is 74.2 Å². The molecule has 8 heteroatoms. The second kappa shape index (κ2) is 8.78. The number of amidine groups is 1. The molecule has 2 saturated heterocycles. The number of piperazine rings is 1. The summed E-state index contributed by atoms with van der Waals surface area (Å²) in [7, 11) is 0. The molecule has 0 saturated carbocycles. The van der Waals surface area contributed by atoms with Crippen molar-refractivity contribution >= 4 is 29.4 Å². The van der Waals surface area contributed by atoms with Crippen molar-refractivity contribution in [2.75, 3.05) is 13.1 Å². The van der Waals surface area contributed by atoms with Crippen LogP contribution in [0, 0.1) is 0 Å². The summed E-state index contributed by atoms with van der Waals surface area (Å²) in [6.45, 7) is 8.78. The fourth-order valence-corrected chi connectivity index (χ4v) is 4.17. The van der Waals surface area contributed by atoms with E-state index in [1.165, 1.54) is 0 Å². The molecule has 160 valence electrons. The zero-order valence-corrected chi connectivity index (χ0v) is 18.5. The van der Waals surface area contributed by atoms with Crippen LogP contribution in [0.3, 0.4) is 0 Å². The van der Waals surface area contributed by atoms with Crippen LogP contribution < -0.4 is 5.32 Å². The van der Waals surface area contributed by atoms with Crippen LogP contribution in [0.1, 0.15) is 59.8 Å². The molecule has 1 N–H and O–H groups in total. The molecule has 3 rings (SSSR count). The minimum atomic E-state index is -0.511. The lowest BCUT2D eigenvalue weighted by molar-refractivity contribution is -0.126. The van der Waals surface area contributed by atoms with Crippen LogP contribution >= 0.6 is 11.6 Å². The van der Waals surface area contributed by atoms with Gasteiger partial charge in [-0.15, -0.1) is 0 Å². The molecular formula is C21H31ClN4O3. The number of fused-ring (bicyclic) bond motifs is 1. The number of rotatable bonds is 2. The summed E-state index contributed by atoms with van der Waals surface area (Å²) in [5.74, 6) is 0.723. The molecule has 7 nitrogen and oxygen atoms in total. The molecule has 0 spiro atoms. The van der Waals surface area contributed by atoms with E-state index in [-0.39, 0.29) is 24.1 Å². The maximum absolute atomic E-state index is 12.8. The van der Waals surface area contributed by atoms with Gasteiger partial charge in [0.1, 0.15) is 16.8 Å². The van der Waals surface area contributed by atoms with Gasteiger partial charge >= 0.3 is 6.09 Å². The Morgan fingerprint density at radius 3 is 2.55 bits per heavy atom. The molecule has 3 aliphatic heterocycles. The molecule has 0 aromatic carbocycles. The van der Waals surface area contributed by atoms with Gasteiger partial charge in [-0.05, 0) is 59.0 Å². The Morgan fingerprint density at radius 1 is 1.28 bits per heavy atom. The number of aliphatic imine (C=N–C) groups is 1. The van der Waals surface area contributed by atoms with E-state index in [0.717, 1.165) is 37.2 Å². The normalized spacial score (nSPS) is 23.8. The van der Waals surface area contributed by atoms with Gasteiger partial charge in [0.15, 0.2) is 5.84 Å². The SMILES string of the molecule is CCC1C(=O)NC2=CCCC=C(Cl)N=C2N1C1CCN(C(=O)OC(C)(C)C)CC1. The highest BCUT2D eigenvalue weighted by Crippen LogP contribution is 2.28. The quantitative estimate of drug-likeness (QED) is 0.687. The third-order valence-corrected chi connectivity index (χ3v) is 5.56. The third kappa shape index (κ3) is 5.13. The van der Waals surface area contributed by atoms with Crippen LogP contribution in [0.25, 0.3) is 0 Å². The maximum atomic E-state index is 12.8. The number of nitrogens with one attached hydrogen (secondary N) is 1. The van der Waals surface area contributed by atoms with E-state index in [1.54, 1.807) is 4.90 Å². The number of hydrogen-bond donors (Lipinski definition) is 1. The Labute approximate surface area is 177 Å². The van der Waals surface area contributed by atoms with Crippen molar-refractivity contribution in [3.05, 3.63) is 23.0 Å². The number of halogens is 1. The predicted molar refractivity (Wildman–Crippen MR) is 114 cm³/mol. The van der Waals surface area contributed by atoms with Gasteiger partial charge in [-0.2, -0.15) is 0 Å². The van der Waals surface area contributed by atoms with Crippen LogP contribution in [-0.2, 0) is 9.53 Å². The van der Waals surface area contributed by atoms with Crippen LogP contribution in [0.15, 0.2) is 28.0 Å². The monoisotopic (exact) mass is 422 g/mol. The average molecular weight is 423 g/mol. The molecule has 3 heterocycles. The number of ether oxygens (including phenoxy) is 1. The molecule has 0 aliphatic carbocycles. The largest absolute Gasteiger partial charge is 0.444 e. The van der Waals surface area contributed by atoms with Gasteiger partial charge in [0.25, 0.3) is 0 Å². The van der Waals surface area contributed by atoms with E-state index in [2.05, 4.69) is 15.2 Å². The second-order valence-corrected chi connectivity index (χ2v) is 9.06. The van der Waals surface area contributed by atoms with Gasteiger partial charge in [0.05, 0.1) is 5.70 Å². The van der Waals surface area contributed by atoms with Crippen molar-refractivity contribution in [1.82, 2.24) is 15.1 Å². The van der Waals surface area contributed by atoms with Crippen LogP contribution in [-0.4, -0.2) is 58.4 Å². The first-order valence-corrected chi connectivity index (χ1v) is 10.8. The standard InChI is InChI=1S/C21H31ClN4O3/c1-5-16-19(27)23-15-8-6-7-9-17(22)24-18(15)26(16)14-10-12-25(13-11-14)20(28)29-21(2,3)4/h8-9,14,16H,5-7,10-13H2,1-4H3,(H,23,27). The van der Waals surface area contributed by atoms with Gasteiger partial charge < -0.3 is 19.9 Å². The minimum Gasteiger partial charge on any atom is -0.444 e. The van der Waals surface area contributed by atoms with Gasteiger partial charge in [0, 0.05) is 19.1 Å². The van der Waals surface area contributed by atoms with E-state index >= 15 is 0 Å². The molecule has 29 heavy (non-hydrogen) atoms. The van der Waals surface area contributed by atoms with E-state index in [1.807, 2.05) is 39.8 Å². The summed E-state index contributed by atoms with van der Waals surface area (Å²) < 4.78 is 5.50. The number of amides is 2. The molecule has 0 bridgehead atoms. The Kier molecular flexibility index (Phi) is 6.56. The van der Waals surface area contributed by atoms with Gasteiger partial charge in [-0.1, -0.05) is 24.6 Å². The lowest BCUT2D eigenvalue weighted by atomic mass is 9.96. The zero-order valence-electron chi connectivity index (χ0n) is 17.7. The van der Waals surface area contributed by atoms with Crippen molar-refractivity contribution < 1.29 is 14.3 Å². The third-order valence-electron chi connectivity index (χ3n) is 5.32. The number of hydrogen-bond acceptors (Lipinski definition) is 5. The van der Waals surface area contributed by atoms with Gasteiger partial charge in [-0.3, -0.25) is 4.79 Å². The summed E-state index contributed by atoms with van der Waals surface area (Å²) in [6, 6.07) is -0.191. The van der Waals surface area contributed by atoms with E-state index in [9.17, 15) is 9.59 Å². The molecule has 0 radical (unpaired) electrons. The maximum Gasteiger partial charge on any atom is 0.410 e. The van der Waals surface area contributed by atoms with Crippen LogP contribution in [0.2, 0.25) is 0 Å². The van der Waals surface area contributed by atoms with E-state index in [0.29, 0.717) is 24.7 Å². The van der Waals surface area contributed by atoms with Gasteiger partial charge in [-0.25, -0.2) is 9.79 Å². The number of allylic oxidation sites excluding steroid dienone is 2. The summed E-state index contributed by atoms with van der Waals surface area (Å²) in [5, 5.41) is 3.46. The summed E-state index contributed by atoms with van der Waals surface area (Å²) >= 11 is 6.31. The van der Waals surface area contributed by atoms with Crippen molar-refractivity contribution in [3.63, 3.8) is 0 Å². The molecular weight excluding hydrogens is 392 g/mol. The van der Waals surface area contributed by atoms with Crippen molar-refractivity contribution in [2.45, 2.75) is 77.5 Å². The number of likely N-dealkylation sites (tertiary alicyclic amines) is 1. The summed E-state index contributed by atoms with van der Waals surface area (Å²) in [4.78, 5) is 33.7. The number of nitrogens with zero attached hydrogens (tertiary/aromatic N) is 3. The second-order valence-electron chi connectivity index (χ2n) is 8.68. The minimum absolute atomic E-state index is 0.00653. The lowest BCUT2D eigenvalue weighted by Crippen LogP contribution is -2.62. The molecule has 2 fully saturated rings. The predicted octanol–water partition coefficient (Wildman–Crippen LogP) is 3.75. The first-order valence-electron chi connectivity index (χ1n) is 10.4. The molecule has 1 unspecified atom stereocenters. The molecule has 0 aromatic rings. The molecule has 0 aromatic heterocycles. The Hall–Kier alpha value is -2.02. The van der Waals surface area contributed by atoms with E-state index < -0.39 is 5.60 Å². The first kappa shape index (κ1) is 21.7. The molecule has 2 amide bonds. The van der Waals surface area contributed by atoms with Crippen molar-refractivity contribution in [2.24, 2.45) is 4.99 Å². The number of carbonyl (C=O) groups excluding carboxylic acids is 2. The fraction of sp³-hybridized carbons (Fsp3) is 0.667. The number of carbonyl (C=O) groups is 2. The Morgan fingerprint density at radius 2 is 1.93 bits per heavy atom. The summed E-state index contributed by atoms with van der Waals surface area (Å²) in [5.41, 5.74) is 0.225. The Balaban J connectivity index is 1.80. The highest BCUT2D eigenvalue weighted by molar-refractivity contribution is 6.30. The first-order chi connectivity index (χ1) is 13.7. The van der Waals surface area contributed by atoms with Gasteiger partial charge in [0.2, 0.25) is 5.91 Å². The zero-order chi connectivity index (χ0) is 21.2. The average Bonchev–Trinajstić information content (AvgIpc) is 2.63. The van der Waals surface area contributed by atoms with Crippen molar-refractivity contribution in [1.29, 1.82) is 0 Å². The van der Waals surface area contributed by atoms with E-state index in [4.69, 9.17) is 16.3 Å². The smallest absolute Gasteiger partial charge is 0.410 e. The van der Waals surface area contributed by atoms with Crippen LogP contribution in [0.5, 0.6) is 0 Å². The summed E-state index contributed by atoms with van der Waals surface area (Å²) in [6.07, 6.45) is 7.40. The van der Waals surface area contributed by atoms with Crippen LogP contribution in [0.4, 0.5) is 4.79 Å². The molecule has 1 atom stereocenters. The highest BCUT2D eigenvalue weighted by Gasteiger charge is 2.41. The fourth-order valence-electron chi connectivity index (χ4n) is 3.98. The van der Waals surface area contributed by atoms with Crippen molar-refractivity contribution in [3.8, 4) is 0 Å².